The number of aromatic nitrogens is 4. The molecule has 5 rings (SSSR count). The molecule has 1 amide bonds. The lowest BCUT2D eigenvalue weighted by Gasteiger charge is -2.33. The van der Waals surface area contributed by atoms with Crippen LogP contribution in [0.1, 0.15) is 44.3 Å². The molecule has 7 heteroatoms. The molecule has 0 radical (unpaired) electrons. The van der Waals surface area contributed by atoms with E-state index in [0.29, 0.717) is 11.8 Å². The van der Waals surface area contributed by atoms with Gasteiger partial charge in [-0.25, -0.2) is 4.98 Å². The van der Waals surface area contributed by atoms with E-state index in [2.05, 4.69) is 25.0 Å². The summed E-state index contributed by atoms with van der Waals surface area (Å²) in [7, 11) is 0. The second-order valence-corrected chi connectivity index (χ2v) is 8.58. The van der Waals surface area contributed by atoms with E-state index in [1.54, 1.807) is 0 Å². The minimum absolute atomic E-state index is 0.385. The van der Waals surface area contributed by atoms with Gasteiger partial charge in [-0.1, -0.05) is 6.42 Å². The molecule has 0 spiro atoms. The maximum absolute atomic E-state index is 12.8. The van der Waals surface area contributed by atoms with E-state index < -0.39 is 0 Å². The molecule has 2 unspecified atom stereocenters. The van der Waals surface area contributed by atoms with Crippen molar-refractivity contribution in [2.75, 3.05) is 31.1 Å². The molecule has 2 saturated heterocycles. The average molecular weight is 368 g/mol. The second-order valence-electron chi connectivity index (χ2n) is 8.58. The van der Waals surface area contributed by atoms with Crippen LogP contribution in [0, 0.1) is 24.7 Å². The van der Waals surface area contributed by atoms with Crippen LogP contribution in [0.2, 0.25) is 0 Å². The van der Waals surface area contributed by atoms with Crippen LogP contribution in [0.15, 0.2) is 12.4 Å². The Bertz CT molecular complexity index is 828. The molecule has 3 aliphatic rings. The minimum Gasteiger partial charge on any atom is -0.353 e. The normalized spacial score (nSPS) is 26.1. The number of carbonyl (C=O) groups is 1. The number of rotatable bonds is 3. The van der Waals surface area contributed by atoms with Gasteiger partial charge in [-0.3, -0.25) is 9.20 Å². The summed E-state index contributed by atoms with van der Waals surface area (Å²) >= 11 is 0. The molecule has 1 saturated carbocycles. The van der Waals surface area contributed by atoms with Crippen molar-refractivity contribution in [3.8, 4) is 0 Å². The fourth-order valence-electron chi connectivity index (χ4n) is 5.32. The summed E-state index contributed by atoms with van der Waals surface area (Å²) in [6.45, 7) is 5.85. The Kier molecular flexibility index (Phi) is 4.25. The highest BCUT2D eigenvalue weighted by Crippen LogP contribution is 2.38. The summed E-state index contributed by atoms with van der Waals surface area (Å²) in [5.74, 6) is 4.24. The summed E-state index contributed by atoms with van der Waals surface area (Å²) in [5.41, 5.74) is 0.827. The van der Waals surface area contributed by atoms with Crippen molar-refractivity contribution in [2.45, 2.75) is 45.4 Å². The second kappa shape index (κ2) is 6.77. The van der Waals surface area contributed by atoms with Gasteiger partial charge >= 0.3 is 0 Å². The number of hydrogen-bond donors (Lipinski definition) is 0. The number of amides is 1. The summed E-state index contributed by atoms with van der Waals surface area (Å²) in [6, 6.07) is 0. The molecule has 4 heterocycles. The summed E-state index contributed by atoms with van der Waals surface area (Å²) < 4.78 is 1.99. The van der Waals surface area contributed by atoms with Gasteiger partial charge in [0.05, 0.1) is 0 Å². The third-order valence-electron chi connectivity index (χ3n) is 6.94. The summed E-state index contributed by atoms with van der Waals surface area (Å²) in [4.78, 5) is 21.8. The van der Waals surface area contributed by atoms with Gasteiger partial charge in [0.2, 0.25) is 11.6 Å². The largest absolute Gasteiger partial charge is 0.353 e. The number of anilines is 1. The predicted octanol–water partition coefficient (Wildman–Crippen LogP) is 2.30. The van der Waals surface area contributed by atoms with Crippen LogP contribution in [-0.4, -0.2) is 56.6 Å². The van der Waals surface area contributed by atoms with Gasteiger partial charge in [0, 0.05) is 45.0 Å². The zero-order chi connectivity index (χ0) is 18.4. The van der Waals surface area contributed by atoms with Crippen molar-refractivity contribution in [1.29, 1.82) is 0 Å². The molecule has 2 aliphatic heterocycles. The summed E-state index contributed by atoms with van der Waals surface area (Å²) in [5, 5.41) is 8.46. The molecule has 2 atom stereocenters. The molecule has 0 aromatic carbocycles. The predicted molar refractivity (Wildman–Crippen MR) is 102 cm³/mol. The average Bonchev–Trinajstić information content (AvgIpc) is 3.37. The fourth-order valence-corrected chi connectivity index (χ4v) is 5.32. The Labute approximate surface area is 159 Å². The Hall–Kier alpha value is -2.18. The molecular weight excluding hydrogens is 340 g/mol. The van der Waals surface area contributed by atoms with Crippen LogP contribution >= 0.6 is 0 Å². The lowest BCUT2D eigenvalue weighted by atomic mass is 9.93. The van der Waals surface area contributed by atoms with Crippen molar-refractivity contribution in [3.05, 3.63) is 18.2 Å². The molecule has 1 aliphatic carbocycles. The highest BCUT2D eigenvalue weighted by molar-refractivity contribution is 5.77. The van der Waals surface area contributed by atoms with Gasteiger partial charge in [-0.05, 0) is 50.4 Å². The van der Waals surface area contributed by atoms with E-state index in [1.807, 2.05) is 23.7 Å². The molecule has 27 heavy (non-hydrogen) atoms. The number of likely N-dealkylation sites (tertiary alicyclic amines) is 1. The first-order chi connectivity index (χ1) is 13.2. The van der Waals surface area contributed by atoms with E-state index in [1.165, 1.54) is 19.3 Å². The van der Waals surface area contributed by atoms with Crippen molar-refractivity contribution >= 4 is 17.4 Å². The topological polar surface area (TPSA) is 66.6 Å². The molecule has 7 nitrogen and oxygen atoms in total. The highest BCUT2D eigenvalue weighted by atomic mass is 16.2. The SMILES string of the molecule is Cc1nnc2c(N3CCC(CC(=O)N4CC5CCCC5C4)CC3)nccn12. The Balaban J connectivity index is 1.19. The standard InChI is InChI=1S/C20H28N6O/c1-14-22-23-20-19(21-7-10-26(14)20)24-8-5-15(6-9-24)11-18(27)25-12-16-3-2-4-17(16)13-25/h7,10,15-17H,2-6,8-9,11-13H2,1H3. The van der Waals surface area contributed by atoms with Gasteiger partial charge in [-0.2, -0.15) is 0 Å². The third-order valence-corrected chi connectivity index (χ3v) is 6.94. The maximum atomic E-state index is 12.8. The number of hydrogen-bond acceptors (Lipinski definition) is 5. The molecule has 0 N–H and O–H groups in total. The molecule has 3 fully saturated rings. The number of aryl methyl sites for hydroxylation is 1. The van der Waals surface area contributed by atoms with Gasteiger partial charge in [0.15, 0.2) is 5.82 Å². The number of nitrogens with zero attached hydrogens (tertiary/aromatic N) is 6. The van der Waals surface area contributed by atoms with Gasteiger partial charge < -0.3 is 9.80 Å². The number of piperidine rings is 1. The Morgan fingerprint density at radius 2 is 1.85 bits per heavy atom. The first-order valence-electron chi connectivity index (χ1n) is 10.4. The Morgan fingerprint density at radius 1 is 1.11 bits per heavy atom. The Morgan fingerprint density at radius 3 is 2.59 bits per heavy atom. The van der Waals surface area contributed by atoms with E-state index in [0.717, 1.165) is 74.6 Å². The molecular formula is C20H28N6O. The van der Waals surface area contributed by atoms with E-state index in [9.17, 15) is 4.79 Å². The lowest BCUT2D eigenvalue weighted by molar-refractivity contribution is -0.131. The maximum Gasteiger partial charge on any atom is 0.222 e. The first kappa shape index (κ1) is 17.0. The number of carbonyl (C=O) groups excluding carboxylic acids is 1. The van der Waals surface area contributed by atoms with Gasteiger partial charge in [0.25, 0.3) is 0 Å². The number of fused-ring (bicyclic) bond motifs is 2. The van der Waals surface area contributed by atoms with Crippen molar-refractivity contribution in [1.82, 2.24) is 24.5 Å². The fraction of sp³-hybridized carbons (Fsp3) is 0.700. The van der Waals surface area contributed by atoms with Gasteiger partial charge in [-0.15, -0.1) is 10.2 Å². The molecule has 0 bridgehead atoms. The van der Waals surface area contributed by atoms with Crippen LogP contribution in [0.4, 0.5) is 5.82 Å². The van der Waals surface area contributed by atoms with Crippen molar-refractivity contribution in [2.24, 2.45) is 17.8 Å². The van der Waals surface area contributed by atoms with E-state index in [-0.39, 0.29) is 0 Å². The van der Waals surface area contributed by atoms with Crippen LogP contribution in [0.5, 0.6) is 0 Å². The van der Waals surface area contributed by atoms with E-state index in [4.69, 9.17) is 0 Å². The van der Waals surface area contributed by atoms with Gasteiger partial charge in [0.1, 0.15) is 5.82 Å². The third kappa shape index (κ3) is 3.07. The van der Waals surface area contributed by atoms with Crippen molar-refractivity contribution < 1.29 is 4.79 Å². The monoisotopic (exact) mass is 368 g/mol. The molecule has 2 aromatic rings. The van der Waals surface area contributed by atoms with Crippen molar-refractivity contribution in [3.63, 3.8) is 0 Å². The first-order valence-corrected chi connectivity index (χ1v) is 10.4. The lowest BCUT2D eigenvalue weighted by Crippen LogP contribution is -2.37. The van der Waals surface area contributed by atoms with E-state index >= 15 is 0 Å². The highest BCUT2D eigenvalue weighted by Gasteiger charge is 2.38. The van der Waals surface area contributed by atoms with Crippen LogP contribution in [-0.2, 0) is 4.79 Å². The zero-order valence-corrected chi connectivity index (χ0v) is 16.0. The molecule has 2 aromatic heterocycles. The quantitative estimate of drug-likeness (QED) is 0.832. The summed E-state index contributed by atoms with van der Waals surface area (Å²) in [6.07, 6.45) is 10.5. The minimum atomic E-state index is 0.385. The van der Waals surface area contributed by atoms with Crippen LogP contribution < -0.4 is 4.90 Å². The smallest absolute Gasteiger partial charge is 0.222 e. The van der Waals surface area contributed by atoms with Crippen LogP contribution in [0.3, 0.4) is 0 Å². The van der Waals surface area contributed by atoms with Crippen LogP contribution in [0.25, 0.3) is 5.65 Å². The zero-order valence-electron chi connectivity index (χ0n) is 16.0. The molecule has 144 valence electrons.